The van der Waals surface area contributed by atoms with Gasteiger partial charge in [0.25, 0.3) is 0 Å². The first-order valence-electron chi connectivity index (χ1n) is 7.74. The van der Waals surface area contributed by atoms with Crippen LogP contribution >= 0.6 is 0 Å². The van der Waals surface area contributed by atoms with Crippen LogP contribution in [-0.2, 0) is 20.0 Å². The lowest BCUT2D eigenvalue weighted by Crippen LogP contribution is -2.32. The van der Waals surface area contributed by atoms with Crippen LogP contribution in [0, 0.1) is 17.7 Å². The van der Waals surface area contributed by atoms with Gasteiger partial charge < -0.3 is 5.32 Å². The van der Waals surface area contributed by atoms with Crippen LogP contribution in [0.1, 0.15) is 6.92 Å². The number of hydrogen-bond donors (Lipinski definition) is 2. The van der Waals surface area contributed by atoms with Crippen LogP contribution in [0.4, 0.5) is 10.1 Å². The number of benzene rings is 1. The summed E-state index contributed by atoms with van der Waals surface area (Å²) in [4.78, 5) is -0.160. The van der Waals surface area contributed by atoms with Crippen molar-refractivity contribution in [2.75, 3.05) is 36.7 Å². The zero-order valence-electron chi connectivity index (χ0n) is 13.2. The molecule has 0 aliphatic carbocycles. The minimum atomic E-state index is -3.78. The van der Waals surface area contributed by atoms with Gasteiger partial charge in [-0.3, -0.25) is 4.72 Å². The number of nitrogens with zero attached hydrogens (tertiary/aromatic N) is 1. The molecule has 0 bridgehead atoms. The van der Waals surface area contributed by atoms with Gasteiger partial charge in [0, 0.05) is 13.1 Å². The molecule has 2 atom stereocenters. The Hall–Kier alpha value is -1.23. The van der Waals surface area contributed by atoms with Crippen molar-refractivity contribution in [3.63, 3.8) is 0 Å². The van der Waals surface area contributed by atoms with Crippen molar-refractivity contribution in [2.45, 2.75) is 11.8 Å². The van der Waals surface area contributed by atoms with E-state index in [9.17, 15) is 21.2 Å². The highest BCUT2D eigenvalue weighted by atomic mass is 32.2. The summed E-state index contributed by atoms with van der Waals surface area (Å²) in [6.45, 7) is 3.86. The van der Waals surface area contributed by atoms with Gasteiger partial charge in [-0.2, -0.15) is 4.31 Å². The molecule has 2 saturated heterocycles. The lowest BCUT2D eigenvalue weighted by atomic mass is 10.0. The van der Waals surface area contributed by atoms with Crippen molar-refractivity contribution in [1.82, 2.24) is 9.62 Å². The zero-order chi connectivity index (χ0) is 17.5. The third-order valence-corrected chi connectivity index (χ3v) is 7.70. The van der Waals surface area contributed by atoms with Gasteiger partial charge in [0.1, 0.15) is 5.82 Å². The monoisotopic (exact) mass is 377 g/mol. The molecule has 2 fully saturated rings. The molecule has 1 aromatic carbocycles. The number of anilines is 1. The van der Waals surface area contributed by atoms with Gasteiger partial charge in [-0.05, 0) is 50.0 Å². The normalized spacial score (nSPS) is 24.9. The lowest BCUT2D eigenvalue weighted by Gasteiger charge is -2.18. The van der Waals surface area contributed by atoms with Crippen molar-refractivity contribution in [2.24, 2.45) is 11.8 Å². The standard InChI is InChI=1S/C14H20FN3O4S2/c1-2-23(19,20)17-14-4-3-12(5-13(14)15)24(21,22)18-8-10-6-16-7-11(10)9-18/h3-5,10-11,16-17H,2,6-9H2,1H3/t10-,11+. The van der Waals surface area contributed by atoms with E-state index < -0.39 is 25.9 Å². The van der Waals surface area contributed by atoms with E-state index in [4.69, 9.17) is 0 Å². The first kappa shape index (κ1) is 17.6. The Bertz CT molecular complexity index is 830. The Kier molecular flexibility index (Phi) is 4.58. The number of rotatable bonds is 5. The van der Waals surface area contributed by atoms with E-state index in [1.54, 1.807) is 0 Å². The molecule has 3 rings (SSSR count). The van der Waals surface area contributed by atoms with Crippen LogP contribution < -0.4 is 10.0 Å². The van der Waals surface area contributed by atoms with E-state index in [-0.39, 0.29) is 16.3 Å². The molecule has 10 heteroatoms. The molecule has 7 nitrogen and oxygen atoms in total. The van der Waals surface area contributed by atoms with Crippen molar-refractivity contribution >= 4 is 25.7 Å². The van der Waals surface area contributed by atoms with Gasteiger partial charge in [-0.1, -0.05) is 0 Å². The Morgan fingerprint density at radius 2 is 1.83 bits per heavy atom. The highest BCUT2D eigenvalue weighted by molar-refractivity contribution is 7.92. The maximum atomic E-state index is 14.1. The molecule has 0 spiro atoms. The Labute approximate surface area is 141 Å². The topological polar surface area (TPSA) is 95.6 Å². The average Bonchev–Trinajstić information content (AvgIpc) is 3.10. The van der Waals surface area contributed by atoms with Gasteiger partial charge in [0.2, 0.25) is 20.0 Å². The number of nitrogens with one attached hydrogen (secondary N) is 2. The smallest absolute Gasteiger partial charge is 0.243 e. The van der Waals surface area contributed by atoms with Crippen LogP contribution in [0.2, 0.25) is 0 Å². The molecular weight excluding hydrogens is 357 g/mol. The molecule has 0 saturated carbocycles. The largest absolute Gasteiger partial charge is 0.316 e. The van der Waals surface area contributed by atoms with E-state index in [0.717, 1.165) is 25.2 Å². The third kappa shape index (κ3) is 3.28. The molecule has 24 heavy (non-hydrogen) atoms. The minimum Gasteiger partial charge on any atom is -0.316 e. The quantitative estimate of drug-likeness (QED) is 0.776. The van der Waals surface area contributed by atoms with E-state index in [0.29, 0.717) is 24.9 Å². The number of sulfonamides is 2. The van der Waals surface area contributed by atoms with E-state index in [2.05, 4.69) is 10.0 Å². The minimum absolute atomic E-state index is 0.160. The van der Waals surface area contributed by atoms with Crippen LogP contribution in [0.25, 0.3) is 0 Å². The highest BCUT2D eigenvalue weighted by Gasteiger charge is 2.41. The zero-order valence-corrected chi connectivity index (χ0v) is 14.8. The van der Waals surface area contributed by atoms with Gasteiger partial charge in [0.15, 0.2) is 0 Å². The van der Waals surface area contributed by atoms with Crippen LogP contribution in [0.3, 0.4) is 0 Å². The first-order chi connectivity index (χ1) is 11.2. The molecule has 0 unspecified atom stereocenters. The molecule has 0 amide bonds. The van der Waals surface area contributed by atoms with Gasteiger partial charge >= 0.3 is 0 Å². The van der Waals surface area contributed by atoms with Gasteiger partial charge in [0.05, 0.1) is 16.3 Å². The lowest BCUT2D eigenvalue weighted by molar-refractivity contribution is 0.447. The maximum absolute atomic E-state index is 14.1. The number of fused-ring (bicyclic) bond motifs is 1. The van der Waals surface area contributed by atoms with Crippen molar-refractivity contribution in [3.8, 4) is 0 Å². The summed E-state index contributed by atoms with van der Waals surface area (Å²) in [5.74, 6) is -0.522. The summed E-state index contributed by atoms with van der Waals surface area (Å²) in [5, 5.41) is 3.23. The Morgan fingerprint density at radius 3 is 2.38 bits per heavy atom. The summed E-state index contributed by atoms with van der Waals surface area (Å²) in [6, 6.07) is 3.25. The van der Waals surface area contributed by atoms with Gasteiger partial charge in [-0.25, -0.2) is 21.2 Å². The number of halogens is 1. The molecule has 134 valence electrons. The van der Waals surface area contributed by atoms with E-state index in [1.165, 1.54) is 17.3 Å². The van der Waals surface area contributed by atoms with Crippen molar-refractivity contribution in [3.05, 3.63) is 24.0 Å². The maximum Gasteiger partial charge on any atom is 0.243 e. The molecule has 2 aliphatic heterocycles. The Balaban J connectivity index is 1.83. The molecule has 2 N–H and O–H groups in total. The molecular formula is C14H20FN3O4S2. The summed E-state index contributed by atoms with van der Waals surface area (Å²) in [7, 11) is -7.41. The van der Waals surface area contributed by atoms with E-state index in [1.807, 2.05) is 0 Å². The second-order valence-electron chi connectivity index (χ2n) is 6.15. The Morgan fingerprint density at radius 1 is 1.21 bits per heavy atom. The SMILES string of the molecule is CCS(=O)(=O)Nc1ccc(S(=O)(=O)N2C[C@H]3CNC[C@H]3C2)cc1F. The molecule has 0 radical (unpaired) electrons. The number of hydrogen-bond acceptors (Lipinski definition) is 5. The predicted molar refractivity (Wildman–Crippen MR) is 88.1 cm³/mol. The molecule has 2 heterocycles. The second-order valence-corrected chi connectivity index (χ2v) is 10.1. The van der Waals surface area contributed by atoms with Crippen molar-refractivity contribution in [1.29, 1.82) is 0 Å². The summed E-state index contributed by atoms with van der Waals surface area (Å²) >= 11 is 0. The second kappa shape index (κ2) is 6.25. The van der Waals surface area contributed by atoms with Crippen LogP contribution in [0.5, 0.6) is 0 Å². The van der Waals surface area contributed by atoms with E-state index >= 15 is 0 Å². The molecule has 1 aromatic rings. The summed E-state index contributed by atoms with van der Waals surface area (Å²) in [5.41, 5.74) is -0.252. The fraction of sp³-hybridized carbons (Fsp3) is 0.571. The highest BCUT2D eigenvalue weighted by Crippen LogP contribution is 2.31. The predicted octanol–water partition coefficient (Wildman–Crippen LogP) is 0.427. The first-order valence-corrected chi connectivity index (χ1v) is 10.8. The third-order valence-electron chi connectivity index (χ3n) is 4.58. The molecule has 0 aromatic heterocycles. The van der Waals surface area contributed by atoms with Crippen molar-refractivity contribution < 1.29 is 21.2 Å². The summed E-state index contributed by atoms with van der Waals surface area (Å²) < 4.78 is 66.0. The average molecular weight is 377 g/mol. The fourth-order valence-electron chi connectivity index (χ4n) is 3.14. The fourth-order valence-corrected chi connectivity index (χ4v) is 5.35. The summed E-state index contributed by atoms with van der Waals surface area (Å²) in [6.07, 6.45) is 0. The van der Waals surface area contributed by atoms with Crippen LogP contribution in [-0.4, -0.2) is 53.1 Å². The van der Waals surface area contributed by atoms with Gasteiger partial charge in [-0.15, -0.1) is 0 Å². The molecule has 2 aliphatic rings. The van der Waals surface area contributed by atoms with Crippen LogP contribution in [0.15, 0.2) is 23.1 Å².